The van der Waals surface area contributed by atoms with Crippen LogP contribution >= 0.6 is 0 Å². The van der Waals surface area contributed by atoms with Crippen LogP contribution in [0.5, 0.6) is 0 Å². The van der Waals surface area contributed by atoms with E-state index in [1.165, 1.54) is 0 Å². The van der Waals surface area contributed by atoms with Crippen molar-refractivity contribution in [3.8, 4) is 0 Å². The lowest BCUT2D eigenvalue weighted by Gasteiger charge is -2.35. The van der Waals surface area contributed by atoms with E-state index in [4.69, 9.17) is 5.11 Å². The first-order valence-corrected chi connectivity index (χ1v) is 6.98. The molecule has 0 spiro atoms. The summed E-state index contributed by atoms with van der Waals surface area (Å²) >= 11 is 0. The second kappa shape index (κ2) is 6.73. The SMILES string of the molecule is CCN1CCN(CC(CC(=O)O)c2ccc[nH]2)CC1. The second-order valence-corrected chi connectivity index (χ2v) is 5.16. The van der Waals surface area contributed by atoms with Gasteiger partial charge in [-0.25, -0.2) is 0 Å². The number of aliphatic carboxylic acids is 1. The van der Waals surface area contributed by atoms with Gasteiger partial charge in [-0.2, -0.15) is 0 Å². The van der Waals surface area contributed by atoms with Crippen molar-refractivity contribution in [1.82, 2.24) is 14.8 Å². The van der Waals surface area contributed by atoms with Gasteiger partial charge in [0.1, 0.15) is 0 Å². The topological polar surface area (TPSA) is 59.6 Å². The molecule has 2 N–H and O–H groups in total. The van der Waals surface area contributed by atoms with Crippen molar-refractivity contribution in [2.75, 3.05) is 39.3 Å². The number of H-pyrrole nitrogens is 1. The number of hydrogen-bond donors (Lipinski definition) is 2. The van der Waals surface area contributed by atoms with Gasteiger partial charge in [0, 0.05) is 50.5 Å². The summed E-state index contributed by atoms with van der Waals surface area (Å²) in [6.07, 6.45) is 2.05. The lowest BCUT2D eigenvalue weighted by molar-refractivity contribution is -0.137. The summed E-state index contributed by atoms with van der Waals surface area (Å²) in [5.41, 5.74) is 1.03. The summed E-state index contributed by atoms with van der Waals surface area (Å²) in [6, 6.07) is 3.91. The Morgan fingerprint density at radius 1 is 1.37 bits per heavy atom. The van der Waals surface area contributed by atoms with Crippen molar-refractivity contribution in [2.24, 2.45) is 0 Å². The third-order valence-electron chi connectivity index (χ3n) is 3.87. The van der Waals surface area contributed by atoms with Gasteiger partial charge in [0.25, 0.3) is 0 Å². The number of carbonyl (C=O) groups is 1. The molecule has 19 heavy (non-hydrogen) atoms. The molecule has 0 aromatic carbocycles. The van der Waals surface area contributed by atoms with Crippen molar-refractivity contribution in [1.29, 1.82) is 0 Å². The van der Waals surface area contributed by atoms with Crippen LogP contribution in [0.1, 0.15) is 25.0 Å². The van der Waals surface area contributed by atoms with Gasteiger partial charge in [-0.3, -0.25) is 4.79 Å². The fraction of sp³-hybridized carbons (Fsp3) is 0.643. The van der Waals surface area contributed by atoms with Crippen LogP contribution in [0, 0.1) is 0 Å². The van der Waals surface area contributed by atoms with E-state index in [0.717, 1.165) is 45.0 Å². The van der Waals surface area contributed by atoms with Crippen LogP contribution in [-0.4, -0.2) is 65.1 Å². The van der Waals surface area contributed by atoms with E-state index >= 15 is 0 Å². The van der Waals surface area contributed by atoms with E-state index in [-0.39, 0.29) is 12.3 Å². The van der Waals surface area contributed by atoms with E-state index in [0.29, 0.717) is 0 Å². The Kier molecular flexibility index (Phi) is 4.99. The maximum atomic E-state index is 11.0. The fourth-order valence-corrected chi connectivity index (χ4v) is 2.68. The van der Waals surface area contributed by atoms with Crippen molar-refractivity contribution in [2.45, 2.75) is 19.3 Å². The molecule has 1 aromatic heterocycles. The largest absolute Gasteiger partial charge is 0.481 e. The number of nitrogens with one attached hydrogen (secondary N) is 1. The molecule has 2 heterocycles. The lowest BCUT2D eigenvalue weighted by Crippen LogP contribution is -2.47. The van der Waals surface area contributed by atoms with Crippen LogP contribution in [0.25, 0.3) is 0 Å². The normalized spacial score (nSPS) is 19.4. The van der Waals surface area contributed by atoms with E-state index in [2.05, 4.69) is 21.7 Å². The average molecular weight is 265 g/mol. The molecule has 1 fully saturated rings. The number of hydrogen-bond acceptors (Lipinski definition) is 3. The Bertz CT molecular complexity index is 383. The van der Waals surface area contributed by atoms with Gasteiger partial charge >= 0.3 is 5.97 Å². The first kappa shape index (κ1) is 14.1. The van der Waals surface area contributed by atoms with Gasteiger partial charge in [0.05, 0.1) is 6.42 Å². The fourth-order valence-electron chi connectivity index (χ4n) is 2.68. The van der Waals surface area contributed by atoms with Crippen molar-refractivity contribution in [3.05, 3.63) is 24.0 Å². The number of rotatable bonds is 6. The minimum atomic E-state index is -0.730. The van der Waals surface area contributed by atoms with Crippen LogP contribution < -0.4 is 0 Å². The molecular formula is C14H23N3O2. The van der Waals surface area contributed by atoms with Crippen LogP contribution in [0.3, 0.4) is 0 Å². The summed E-state index contributed by atoms with van der Waals surface area (Å²) in [7, 11) is 0. The summed E-state index contributed by atoms with van der Waals surface area (Å²) in [5, 5.41) is 9.05. The van der Waals surface area contributed by atoms with Crippen LogP contribution in [0.15, 0.2) is 18.3 Å². The molecule has 2 rings (SSSR count). The Morgan fingerprint density at radius 2 is 2.05 bits per heavy atom. The number of aromatic nitrogens is 1. The van der Waals surface area contributed by atoms with Gasteiger partial charge in [-0.05, 0) is 18.7 Å². The average Bonchev–Trinajstić information content (AvgIpc) is 2.92. The molecule has 1 saturated heterocycles. The first-order valence-electron chi connectivity index (χ1n) is 6.98. The molecule has 0 saturated carbocycles. The Morgan fingerprint density at radius 3 is 2.58 bits per heavy atom. The highest BCUT2D eigenvalue weighted by Crippen LogP contribution is 2.20. The third kappa shape index (κ3) is 4.08. The van der Waals surface area contributed by atoms with E-state index in [1.807, 2.05) is 18.3 Å². The molecule has 5 heteroatoms. The third-order valence-corrected chi connectivity index (χ3v) is 3.87. The highest BCUT2D eigenvalue weighted by atomic mass is 16.4. The van der Waals surface area contributed by atoms with Gasteiger partial charge in [0.15, 0.2) is 0 Å². The van der Waals surface area contributed by atoms with Crippen LogP contribution in [-0.2, 0) is 4.79 Å². The molecule has 1 aliphatic heterocycles. The van der Waals surface area contributed by atoms with Crippen molar-refractivity contribution >= 4 is 5.97 Å². The number of carboxylic acid groups (broad SMARTS) is 1. The smallest absolute Gasteiger partial charge is 0.304 e. The van der Waals surface area contributed by atoms with Gasteiger partial charge in [0.2, 0.25) is 0 Å². The highest BCUT2D eigenvalue weighted by molar-refractivity contribution is 5.68. The molecule has 5 nitrogen and oxygen atoms in total. The number of likely N-dealkylation sites (N-methyl/N-ethyl adjacent to an activating group) is 1. The summed E-state index contributed by atoms with van der Waals surface area (Å²) in [6.45, 7) is 8.34. The van der Waals surface area contributed by atoms with Gasteiger partial charge in [-0.15, -0.1) is 0 Å². The maximum Gasteiger partial charge on any atom is 0.304 e. The lowest BCUT2D eigenvalue weighted by atomic mass is 10.0. The Labute approximate surface area is 114 Å². The number of carboxylic acids is 1. The molecule has 0 radical (unpaired) electrons. The number of piperazine rings is 1. The molecule has 106 valence electrons. The molecule has 1 aliphatic rings. The van der Waals surface area contributed by atoms with Gasteiger partial charge < -0.3 is 19.9 Å². The molecule has 0 amide bonds. The van der Waals surface area contributed by atoms with E-state index < -0.39 is 5.97 Å². The summed E-state index contributed by atoms with van der Waals surface area (Å²) < 4.78 is 0. The minimum absolute atomic E-state index is 0.0562. The van der Waals surface area contributed by atoms with Crippen molar-refractivity contribution < 1.29 is 9.90 Å². The molecule has 1 atom stereocenters. The molecule has 0 bridgehead atoms. The van der Waals surface area contributed by atoms with E-state index in [9.17, 15) is 4.79 Å². The quantitative estimate of drug-likeness (QED) is 0.811. The van der Waals surface area contributed by atoms with E-state index in [1.54, 1.807) is 0 Å². The Balaban J connectivity index is 1.91. The van der Waals surface area contributed by atoms with Crippen molar-refractivity contribution in [3.63, 3.8) is 0 Å². The predicted octanol–water partition coefficient (Wildman–Crippen LogP) is 1.21. The zero-order chi connectivity index (χ0) is 13.7. The first-order chi connectivity index (χ1) is 9.19. The monoisotopic (exact) mass is 265 g/mol. The minimum Gasteiger partial charge on any atom is -0.481 e. The maximum absolute atomic E-state index is 11.0. The van der Waals surface area contributed by atoms with Crippen LogP contribution in [0.4, 0.5) is 0 Å². The molecule has 1 unspecified atom stereocenters. The number of nitrogens with zero attached hydrogens (tertiary/aromatic N) is 2. The Hall–Kier alpha value is -1.33. The predicted molar refractivity (Wildman–Crippen MR) is 74.3 cm³/mol. The zero-order valence-corrected chi connectivity index (χ0v) is 11.5. The molecule has 1 aromatic rings. The number of aromatic amines is 1. The highest BCUT2D eigenvalue weighted by Gasteiger charge is 2.22. The standard InChI is InChI=1S/C14H23N3O2/c1-2-16-6-8-17(9-7-16)11-12(10-14(18)19)13-4-3-5-15-13/h3-5,12,15H,2,6-11H2,1H3,(H,18,19). The summed E-state index contributed by atoms with van der Waals surface area (Å²) in [5.74, 6) is -0.674. The molecular weight excluding hydrogens is 242 g/mol. The zero-order valence-electron chi connectivity index (χ0n) is 11.5. The van der Waals surface area contributed by atoms with Gasteiger partial charge in [-0.1, -0.05) is 6.92 Å². The molecule has 0 aliphatic carbocycles. The second-order valence-electron chi connectivity index (χ2n) is 5.16. The summed E-state index contributed by atoms with van der Waals surface area (Å²) in [4.78, 5) is 19.0. The van der Waals surface area contributed by atoms with Crippen LogP contribution in [0.2, 0.25) is 0 Å².